The minimum absolute atomic E-state index is 0.167. The molecule has 0 aliphatic rings. The van der Waals surface area contributed by atoms with Crippen molar-refractivity contribution in [1.82, 2.24) is 0 Å². The second-order valence-electron chi connectivity index (χ2n) is 7.50. The molecular formula is C27H22O5. The molecule has 1 N–H and O–H groups in total. The van der Waals surface area contributed by atoms with Gasteiger partial charge in [0.2, 0.25) is 0 Å². The molecule has 0 aromatic heterocycles. The van der Waals surface area contributed by atoms with Crippen LogP contribution in [0.15, 0.2) is 84.9 Å². The molecule has 0 radical (unpaired) electrons. The van der Waals surface area contributed by atoms with E-state index in [1.807, 2.05) is 66.7 Å². The second-order valence-corrected chi connectivity index (χ2v) is 7.50. The first kappa shape index (κ1) is 21.1. The number of fused-ring (bicyclic) bond motifs is 1. The first-order valence-corrected chi connectivity index (χ1v) is 10.2. The predicted octanol–water partition coefficient (Wildman–Crippen LogP) is 5.49. The number of methoxy groups -OCH3 is 1. The van der Waals surface area contributed by atoms with Gasteiger partial charge in [0.05, 0.1) is 18.2 Å². The maximum absolute atomic E-state index is 12.6. The number of carboxylic acids is 1. The van der Waals surface area contributed by atoms with E-state index >= 15 is 0 Å². The van der Waals surface area contributed by atoms with E-state index in [0.717, 1.165) is 33.2 Å². The van der Waals surface area contributed by atoms with Crippen LogP contribution in [0.4, 0.5) is 0 Å². The van der Waals surface area contributed by atoms with E-state index in [0.29, 0.717) is 12.0 Å². The van der Waals surface area contributed by atoms with Gasteiger partial charge < -0.3 is 14.6 Å². The zero-order chi connectivity index (χ0) is 22.5. The first-order valence-electron chi connectivity index (χ1n) is 10.2. The Kier molecular flexibility index (Phi) is 6.17. The van der Waals surface area contributed by atoms with Crippen molar-refractivity contribution < 1.29 is 24.2 Å². The van der Waals surface area contributed by atoms with Crippen molar-refractivity contribution in [2.24, 2.45) is 0 Å². The molecule has 0 unspecified atom stereocenters. The number of carbonyl (C=O) groups is 2. The highest BCUT2D eigenvalue weighted by Gasteiger charge is 2.10. The minimum Gasteiger partial charge on any atom is -0.497 e. The largest absolute Gasteiger partial charge is 0.497 e. The maximum atomic E-state index is 12.6. The molecular weight excluding hydrogens is 404 g/mol. The zero-order valence-electron chi connectivity index (χ0n) is 17.6. The molecule has 5 nitrogen and oxygen atoms in total. The number of hydrogen-bond donors (Lipinski definition) is 1. The maximum Gasteiger partial charge on any atom is 0.338 e. The van der Waals surface area contributed by atoms with Crippen molar-refractivity contribution in [1.29, 1.82) is 0 Å². The van der Waals surface area contributed by atoms with Crippen LogP contribution in [0.5, 0.6) is 5.75 Å². The van der Waals surface area contributed by atoms with Crippen LogP contribution < -0.4 is 4.74 Å². The van der Waals surface area contributed by atoms with Gasteiger partial charge >= 0.3 is 11.9 Å². The molecule has 0 aliphatic heterocycles. The summed E-state index contributed by atoms with van der Waals surface area (Å²) in [6.07, 6.45) is 0.667. The number of ether oxygens (including phenoxy) is 2. The Morgan fingerprint density at radius 3 is 2.22 bits per heavy atom. The Bertz CT molecular complexity index is 1270. The third-order valence-electron chi connectivity index (χ3n) is 5.25. The summed E-state index contributed by atoms with van der Waals surface area (Å²) in [6, 6.07) is 25.9. The number of carboxylic acid groups (broad SMARTS) is 1. The summed E-state index contributed by atoms with van der Waals surface area (Å²) in [5, 5.41) is 11.0. The highest BCUT2D eigenvalue weighted by atomic mass is 16.5. The Hall–Kier alpha value is -4.12. The normalized spacial score (nSPS) is 10.7. The van der Waals surface area contributed by atoms with Gasteiger partial charge in [0, 0.05) is 0 Å². The second kappa shape index (κ2) is 9.35. The monoisotopic (exact) mass is 426 g/mol. The van der Waals surface area contributed by atoms with Gasteiger partial charge in [-0.25, -0.2) is 9.59 Å². The molecule has 0 amide bonds. The van der Waals surface area contributed by atoms with Crippen molar-refractivity contribution in [3.63, 3.8) is 0 Å². The van der Waals surface area contributed by atoms with Gasteiger partial charge in [0.15, 0.2) is 0 Å². The molecule has 0 saturated heterocycles. The van der Waals surface area contributed by atoms with E-state index in [2.05, 4.69) is 0 Å². The van der Waals surface area contributed by atoms with Crippen LogP contribution in [0, 0.1) is 0 Å². The van der Waals surface area contributed by atoms with E-state index < -0.39 is 5.97 Å². The average molecular weight is 426 g/mol. The van der Waals surface area contributed by atoms with Gasteiger partial charge in [-0.1, -0.05) is 48.5 Å². The van der Waals surface area contributed by atoms with Crippen LogP contribution in [0.1, 0.15) is 37.4 Å². The third kappa shape index (κ3) is 4.95. The third-order valence-corrected chi connectivity index (χ3v) is 5.25. The Morgan fingerprint density at radius 2 is 1.47 bits per heavy atom. The number of carbonyl (C=O) groups excluding carboxylic acids is 1. The smallest absolute Gasteiger partial charge is 0.338 e. The minimum atomic E-state index is -0.937. The number of hydrogen-bond acceptors (Lipinski definition) is 4. The molecule has 0 spiro atoms. The molecule has 0 fully saturated rings. The lowest BCUT2D eigenvalue weighted by Gasteiger charge is -2.09. The SMILES string of the molecule is COc1cccc(COC(=O)c2ccc3ccc(Cc4ccc(C(=O)O)cc4)cc3c2)c1. The molecule has 0 aliphatic carbocycles. The lowest BCUT2D eigenvalue weighted by Crippen LogP contribution is -2.05. The van der Waals surface area contributed by atoms with Gasteiger partial charge in [-0.15, -0.1) is 0 Å². The van der Waals surface area contributed by atoms with E-state index in [1.165, 1.54) is 0 Å². The van der Waals surface area contributed by atoms with Crippen LogP contribution in [0.3, 0.4) is 0 Å². The number of rotatable bonds is 7. The van der Waals surface area contributed by atoms with Crippen LogP contribution >= 0.6 is 0 Å². The van der Waals surface area contributed by atoms with Crippen LogP contribution in [0.25, 0.3) is 10.8 Å². The van der Waals surface area contributed by atoms with Crippen molar-refractivity contribution in [3.05, 3.63) is 113 Å². The molecule has 0 heterocycles. The molecule has 0 atom stereocenters. The molecule has 32 heavy (non-hydrogen) atoms. The molecule has 4 aromatic carbocycles. The van der Waals surface area contributed by atoms with Gasteiger partial charge in [0.25, 0.3) is 0 Å². The van der Waals surface area contributed by atoms with Crippen molar-refractivity contribution in [2.75, 3.05) is 7.11 Å². The fraction of sp³-hybridized carbons (Fsp3) is 0.111. The fourth-order valence-electron chi connectivity index (χ4n) is 3.53. The van der Waals surface area contributed by atoms with Crippen molar-refractivity contribution >= 4 is 22.7 Å². The highest BCUT2D eigenvalue weighted by Crippen LogP contribution is 2.21. The Balaban J connectivity index is 1.48. The molecule has 160 valence electrons. The average Bonchev–Trinajstić information content (AvgIpc) is 2.82. The molecule has 5 heteroatoms. The molecule has 0 bridgehead atoms. The van der Waals surface area contributed by atoms with Crippen LogP contribution in [0.2, 0.25) is 0 Å². The quantitative estimate of drug-likeness (QED) is 0.395. The summed E-state index contributed by atoms with van der Waals surface area (Å²) in [4.78, 5) is 23.6. The molecule has 4 rings (SSSR count). The lowest BCUT2D eigenvalue weighted by molar-refractivity contribution is 0.0472. The topological polar surface area (TPSA) is 72.8 Å². The summed E-state index contributed by atoms with van der Waals surface area (Å²) >= 11 is 0. The summed E-state index contributed by atoms with van der Waals surface area (Å²) in [7, 11) is 1.60. The van der Waals surface area contributed by atoms with E-state index in [-0.39, 0.29) is 18.1 Å². The summed E-state index contributed by atoms with van der Waals surface area (Å²) < 4.78 is 10.7. The fourth-order valence-corrected chi connectivity index (χ4v) is 3.53. The number of benzene rings is 4. The van der Waals surface area contributed by atoms with E-state index in [4.69, 9.17) is 14.6 Å². The molecule has 4 aromatic rings. The lowest BCUT2D eigenvalue weighted by atomic mass is 9.99. The summed E-state index contributed by atoms with van der Waals surface area (Å²) in [6.45, 7) is 0.167. The van der Waals surface area contributed by atoms with Gasteiger partial charge in [0.1, 0.15) is 12.4 Å². The standard InChI is InChI=1S/C27H22O5/c1-31-25-4-2-3-20(15-25)17-32-27(30)23-12-11-21-8-7-19(14-24(21)16-23)13-18-5-9-22(10-6-18)26(28)29/h2-12,14-16H,13,17H2,1H3,(H,28,29). The first-order chi connectivity index (χ1) is 15.5. The predicted molar refractivity (Wildman–Crippen MR) is 122 cm³/mol. The zero-order valence-corrected chi connectivity index (χ0v) is 17.6. The van der Waals surface area contributed by atoms with Gasteiger partial charge in [-0.05, 0) is 70.3 Å². The number of aromatic carboxylic acids is 1. The van der Waals surface area contributed by atoms with Crippen LogP contribution in [-0.2, 0) is 17.8 Å². The highest BCUT2D eigenvalue weighted by molar-refractivity contribution is 5.95. The summed E-state index contributed by atoms with van der Waals surface area (Å²) in [5.41, 5.74) is 3.70. The van der Waals surface area contributed by atoms with E-state index in [1.54, 1.807) is 25.3 Å². The van der Waals surface area contributed by atoms with E-state index in [9.17, 15) is 9.59 Å². The summed E-state index contributed by atoms with van der Waals surface area (Å²) in [5.74, 6) is -0.605. The Labute approximate surface area is 185 Å². The van der Waals surface area contributed by atoms with Crippen molar-refractivity contribution in [2.45, 2.75) is 13.0 Å². The van der Waals surface area contributed by atoms with Gasteiger partial charge in [-0.3, -0.25) is 0 Å². The molecule has 0 saturated carbocycles. The number of esters is 1. The Morgan fingerprint density at radius 1 is 0.750 bits per heavy atom. The van der Waals surface area contributed by atoms with Crippen molar-refractivity contribution in [3.8, 4) is 5.75 Å². The van der Waals surface area contributed by atoms with Gasteiger partial charge in [-0.2, -0.15) is 0 Å². The van der Waals surface area contributed by atoms with Crippen LogP contribution in [-0.4, -0.2) is 24.2 Å².